The summed E-state index contributed by atoms with van der Waals surface area (Å²) in [6, 6.07) is 3.93. The number of aryl methyl sites for hydroxylation is 2. The fourth-order valence-electron chi connectivity index (χ4n) is 1.47. The average molecular weight is 192 g/mol. The van der Waals surface area contributed by atoms with Crippen molar-refractivity contribution in [2.45, 2.75) is 13.8 Å². The number of hydrogen-bond acceptors (Lipinski definition) is 3. The minimum atomic E-state index is -0.0278. The molecule has 1 aromatic rings. The maximum absolute atomic E-state index is 11.1. The van der Waals surface area contributed by atoms with Crippen LogP contribution in [-0.2, 0) is 4.79 Å². The van der Waals surface area contributed by atoms with Crippen LogP contribution in [0.2, 0.25) is 0 Å². The van der Waals surface area contributed by atoms with Gasteiger partial charge in [0.15, 0.2) is 24.7 Å². The minimum absolute atomic E-state index is 0.0278. The van der Waals surface area contributed by atoms with Crippen LogP contribution in [0.15, 0.2) is 12.1 Å². The normalized spacial score (nSPS) is 15.1. The molecule has 1 heterocycles. The Bertz CT molecular complexity index is 347. The van der Waals surface area contributed by atoms with E-state index in [2.05, 4.69) is 0 Å². The van der Waals surface area contributed by atoms with Gasteiger partial charge < -0.3 is 9.47 Å². The monoisotopic (exact) mass is 192 g/mol. The molecule has 1 aliphatic rings. The maximum atomic E-state index is 11.1. The smallest absolute Gasteiger partial charge is 0.207 e. The van der Waals surface area contributed by atoms with Crippen molar-refractivity contribution in [2.75, 3.05) is 13.2 Å². The first-order valence-corrected chi connectivity index (χ1v) is 4.56. The molecule has 14 heavy (non-hydrogen) atoms. The van der Waals surface area contributed by atoms with Crippen molar-refractivity contribution in [3.63, 3.8) is 0 Å². The first kappa shape index (κ1) is 9.06. The fraction of sp³-hybridized carbons (Fsp3) is 0.364. The number of ether oxygens (including phenoxy) is 2. The molecule has 0 aliphatic carbocycles. The van der Waals surface area contributed by atoms with Gasteiger partial charge in [0.25, 0.3) is 0 Å². The molecule has 74 valence electrons. The molecule has 0 atom stereocenters. The Kier molecular flexibility index (Phi) is 2.15. The Morgan fingerprint density at radius 3 is 1.86 bits per heavy atom. The quantitative estimate of drug-likeness (QED) is 0.627. The summed E-state index contributed by atoms with van der Waals surface area (Å²) < 4.78 is 10.8. The van der Waals surface area contributed by atoms with E-state index < -0.39 is 0 Å². The van der Waals surface area contributed by atoms with E-state index in [1.54, 1.807) is 0 Å². The van der Waals surface area contributed by atoms with Crippen LogP contribution in [0.4, 0.5) is 0 Å². The highest BCUT2D eigenvalue weighted by Gasteiger charge is 2.18. The highest BCUT2D eigenvalue weighted by molar-refractivity contribution is 5.82. The lowest BCUT2D eigenvalue weighted by Crippen LogP contribution is -2.15. The van der Waals surface area contributed by atoms with Crippen LogP contribution in [0.25, 0.3) is 0 Å². The largest absolute Gasteiger partial charge is 0.482 e. The molecule has 0 saturated carbocycles. The van der Waals surface area contributed by atoms with E-state index in [4.69, 9.17) is 9.47 Å². The number of ketones is 1. The highest BCUT2D eigenvalue weighted by Crippen LogP contribution is 2.35. The van der Waals surface area contributed by atoms with Crippen LogP contribution in [-0.4, -0.2) is 19.0 Å². The van der Waals surface area contributed by atoms with Crippen LogP contribution in [0.3, 0.4) is 0 Å². The number of fused-ring (bicyclic) bond motifs is 1. The molecule has 0 saturated heterocycles. The van der Waals surface area contributed by atoms with Gasteiger partial charge in [-0.3, -0.25) is 4.79 Å². The minimum Gasteiger partial charge on any atom is -0.482 e. The van der Waals surface area contributed by atoms with Gasteiger partial charge in [0.1, 0.15) is 0 Å². The first-order chi connectivity index (χ1) is 6.68. The van der Waals surface area contributed by atoms with Crippen LogP contribution < -0.4 is 9.47 Å². The molecular formula is C11H12O3. The van der Waals surface area contributed by atoms with Crippen LogP contribution >= 0.6 is 0 Å². The van der Waals surface area contributed by atoms with Crippen molar-refractivity contribution in [2.24, 2.45) is 0 Å². The number of benzene rings is 1. The summed E-state index contributed by atoms with van der Waals surface area (Å²) in [5.74, 6) is 1.38. The maximum Gasteiger partial charge on any atom is 0.207 e. The van der Waals surface area contributed by atoms with Gasteiger partial charge in [-0.1, -0.05) is 12.1 Å². The van der Waals surface area contributed by atoms with Gasteiger partial charge in [0.2, 0.25) is 5.78 Å². The molecule has 2 rings (SSSR count). The van der Waals surface area contributed by atoms with Crippen LogP contribution in [0, 0.1) is 13.8 Å². The average Bonchev–Trinajstić information content (AvgIpc) is 2.35. The van der Waals surface area contributed by atoms with Crippen molar-refractivity contribution >= 4 is 5.78 Å². The Balaban J connectivity index is 2.49. The van der Waals surface area contributed by atoms with Crippen molar-refractivity contribution in [3.05, 3.63) is 23.3 Å². The summed E-state index contributed by atoms with van der Waals surface area (Å²) in [4.78, 5) is 11.1. The van der Waals surface area contributed by atoms with Gasteiger partial charge in [-0.05, 0) is 25.0 Å². The second-order valence-electron chi connectivity index (χ2n) is 3.47. The van der Waals surface area contributed by atoms with Crippen molar-refractivity contribution in [1.29, 1.82) is 0 Å². The molecule has 0 N–H and O–H groups in total. The third kappa shape index (κ3) is 1.45. The van der Waals surface area contributed by atoms with E-state index in [1.807, 2.05) is 26.0 Å². The molecule has 1 aromatic carbocycles. The Morgan fingerprint density at radius 2 is 1.43 bits per heavy atom. The second-order valence-corrected chi connectivity index (χ2v) is 3.47. The first-order valence-electron chi connectivity index (χ1n) is 4.56. The summed E-state index contributed by atoms with van der Waals surface area (Å²) >= 11 is 0. The van der Waals surface area contributed by atoms with Gasteiger partial charge in [-0.2, -0.15) is 0 Å². The van der Waals surface area contributed by atoms with E-state index in [0.717, 1.165) is 11.1 Å². The predicted molar refractivity (Wildman–Crippen MR) is 51.9 cm³/mol. The van der Waals surface area contributed by atoms with Crippen LogP contribution in [0.5, 0.6) is 11.5 Å². The highest BCUT2D eigenvalue weighted by atomic mass is 16.5. The van der Waals surface area contributed by atoms with Crippen molar-refractivity contribution < 1.29 is 14.3 Å². The second kappa shape index (κ2) is 3.33. The van der Waals surface area contributed by atoms with Gasteiger partial charge in [-0.15, -0.1) is 0 Å². The van der Waals surface area contributed by atoms with E-state index in [0.29, 0.717) is 11.5 Å². The van der Waals surface area contributed by atoms with Gasteiger partial charge >= 0.3 is 0 Å². The summed E-state index contributed by atoms with van der Waals surface area (Å²) in [6.45, 7) is 4.10. The standard InChI is InChI=1S/C11H12O3/c1-7-3-4-8(2)11-10(7)13-5-9(12)6-14-11/h3-4H,5-6H2,1-2H3. The molecule has 0 spiro atoms. The Hall–Kier alpha value is -1.51. The summed E-state index contributed by atoms with van der Waals surface area (Å²) in [5.41, 5.74) is 2.00. The lowest BCUT2D eigenvalue weighted by Gasteiger charge is -2.11. The van der Waals surface area contributed by atoms with E-state index >= 15 is 0 Å². The molecule has 0 aromatic heterocycles. The Labute approximate surface area is 82.6 Å². The predicted octanol–water partition coefficient (Wildman–Crippen LogP) is 1.64. The SMILES string of the molecule is Cc1ccc(C)c2c1OCC(=O)CO2. The van der Waals surface area contributed by atoms with Crippen molar-refractivity contribution in [3.8, 4) is 11.5 Å². The summed E-state index contributed by atoms with van der Waals surface area (Å²) in [7, 11) is 0. The molecule has 0 unspecified atom stereocenters. The number of rotatable bonds is 0. The molecule has 3 nitrogen and oxygen atoms in total. The number of hydrogen-bond donors (Lipinski definition) is 0. The number of Topliss-reactive ketones (excluding diaryl/α,β-unsaturated/α-hetero) is 1. The van der Waals surface area contributed by atoms with Crippen molar-refractivity contribution in [1.82, 2.24) is 0 Å². The topological polar surface area (TPSA) is 35.5 Å². The molecule has 3 heteroatoms. The third-order valence-electron chi connectivity index (χ3n) is 2.26. The summed E-state index contributed by atoms with van der Waals surface area (Å²) in [6.07, 6.45) is 0. The Morgan fingerprint density at radius 1 is 1.00 bits per heavy atom. The van der Waals surface area contributed by atoms with Crippen LogP contribution in [0.1, 0.15) is 11.1 Å². The number of carbonyl (C=O) groups is 1. The molecule has 0 bridgehead atoms. The molecule has 0 amide bonds. The van der Waals surface area contributed by atoms with Gasteiger partial charge in [0.05, 0.1) is 0 Å². The molecular weight excluding hydrogens is 180 g/mol. The molecule has 1 aliphatic heterocycles. The lowest BCUT2D eigenvalue weighted by molar-refractivity contribution is -0.122. The third-order valence-corrected chi connectivity index (χ3v) is 2.26. The summed E-state index contributed by atoms with van der Waals surface area (Å²) in [5, 5.41) is 0. The zero-order chi connectivity index (χ0) is 10.1. The zero-order valence-corrected chi connectivity index (χ0v) is 8.29. The van der Waals surface area contributed by atoms with E-state index in [9.17, 15) is 4.79 Å². The molecule has 0 fully saturated rings. The zero-order valence-electron chi connectivity index (χ0n) is 8.29. The fourth-order valence-corrected chi connectivity index (χ4v) is 1.47. The number of carbonyl (C=O) groups excluding carboxylic acids is 1. The van der Waals surface area contributed by atoms with Gasteiger partial charge in [-0.25, -0.2) is 0 Å². The lowest BCUT2D eigenvalue weighted by atomic mass is 10.1. The molecule has 0 radical (unpaired) electrons. The van der Waals surface area contributed by atoms with Gasteiger partial charge in [0, 0.05) is 0 Å². The van der Waals surface area contributed by atoms with E-state index in [1.165, 1.54) is 0 Å². The van der Waals surface area contributed by atoms with E-state index in [-0.39, 0.29) is 19.0 Å².